The van der Waals surface area contributed by atoms with Crippen LogP contribution in [0.3, 0.4) is 0 Å². The molecule has 0 bridgehead atoms. The zero-order chi connectivity index (χ0) is 21.9. The first kappa shape index (κ1) is 23.9. The molecule has 1 aromatic heterocycles. The summed E-state index contributed by atoms with van der Waals surface area (Å²) in [5.41, 5.74) is 1.12. The quantitative estimate of drug-likeness (QED) is 0.717. The molecule has 0 saturated carbocycles. The summed E-state index contributed by atoms with van der Waals surface area (Å²) in [6.45, 7) is 1.77. The van der Waals surface area contributed by atoms with Crippen molar-refractivity contribution in [3.8, 4) is 0 Å². The van der Waals surface area contributed by atoms with Crippen LogP contribution in [0.2, 0.25) is 0 Å². The van der Waals surface area contributed by atoms with Gasteiger partial charge in [-0.2, -0.15) is 30.2 Å². The van der Waals surface area contributed by atoms with Crippen LogP contribution >= 0.6 is 11.8 Å². The fraction of sp³-hybridized carbons (Fsp3) is 0.625. The summed E-state index contributed by atoms with van der Waals surface area (Å²) in [5, 5.41) is 7.12. The Balaban J connectivity index is 0.000000370. The number of carboxylic acids is 1. The van der Waals surface area contributed by atoms with Gasteiger partial charge in [-0.05, 0) is 24.1 Å². The molecule has 3 rings (SSSR count). The molecule has 0 radical (unpaired) electrons. The Kier molecular flexibility index (Phi) is 7.54. The maximum absolute atomic E-state index is 12.1. The van der Waals surface area contributed by atoms with Crippen molar-refractivity contribution < 1.29 is 36.2 Å². The van der Waals surface area contributed by atoms with Crippen LogP contribution in [0.15, 0.2) is 24.5 Å². The van der Waals surface area contributed by atoms with E-state index in [2.05, 4.69) is 4.98 Å². The zero-order valence-electron chi connectivity index (χ0n) is 15.8. The molecule has 1 N–H and O–H groups in total. The second kappa shape index (κ2) is 9.16. The second-order valence-corrected chi connectivity index (χ2v) is 10.5. The van der Waals surface area contributed by atoms with E-state index in [-0.39, 0.29) is 10.9 Å². The number of ether oxygens (including phenoxy) is 1. The average Bonchev–Trinajstić information content (AvgIpc) is 3.04. The Morgan fingerprint density at radius 3 is 2.41 bits per heavy atom. The molecule has 2 saturated heterocycles. The summed E-state index contributed by atoms with van der Waals surface area (Å²) in [6, 6.07) is 3.90. The van der Waals surface area contributed by atoms with Crippen LogP contribution in [0.4, 0.5) is 13.2 Å². The third-order valence-electron chi connectivity index (χ3n) is 4.37. The molecule has 1 unspecified atom stereocenters. The summed E-state index contributed by atoms with van der Waals surface area (Å²) in [7, 11) is -0.126. The van der Waals surface area contributed by atoms with Gasteiger partial charge in [-0.15, -0.1) is 11.8 Å². The molecule has 164 valence electrons. The van der Waals surface area contributed by atoms with Crippen molar-refractivity contribution in [1.29, 1.82) is 0 Å². The van der Waals surface area contributed by atoms with Crippen molar-refractivity contribution in [2.24, 2.45) is 0 Å². The Hall–Kier alpha value is -1.41. The van der Waals surface area contributed by atoms with E-state index in [4.69, 9.17) is 14.6 Å². The number of rotatable bonds is 5. The lowest BCUT2D eigenvalue weighted by Crippen LogP contribution is -2.62. The minimum Gasteiger partial charge on any atom is -0.475 e. The zero-order valence-corrected chi connectivity index (χ0v) is 17.4. The Morgan fingerprint density at radius 2 is 1.93 bits per heavy atom. The Bertz CT molecular complexity index is 800. The number of aromatic nitrogens is 1. The van der Waals surface area contributed by atoms with Crippen LogP contribution in [0.25, 0.3) is 0 Å². The molecule has 0 aromatic carbocycles. The monoisotopic (exact) mass is 457 g/mol. The van der Waals surface area contributed by atoms with Crippen molar-refractivity contribution in [2.45, 2.75) is 30.1 Å². The first-order valence-corrected chi connectivity index (χ1v) is 10.9. The predicted octanol–water partition coefficient (Wildman–Crippen LogP) is 1.60. The van der Waals surface area contributed by atoms with Gasteiger partial charge in [0.05, 0.1) is 12.7 Å². The van der Waals surface area contributed by atoms with Crippen LogP contribution < -0.4 is 0 Å². The van der Waals surface area contributed by atoms with Gasteiger partial charge in [0.15, 0.2) is 0 Å². The van der Waals surface area contributed by atoms with E-state index < -0.39 is 22.4 Å². The smallest absolute Gasteiger partial charge is 0.475 e. The highest BCUT2D eigenvalue weighted by Crippen LogP contribution is 2.47. The number of nitrogens with zero attached hydrogens (tertiary/aromatic N) is 3. The number of aliphatic carboxylic acids is 1. The van der Waals surface area contributed by atoms with Gasteiger partial charge in [-0.1, -0.05) is 0 Å². The van der Waals surface area contributed by atoms with Crippen molar-refractivity contribution in [3.05, 3.63) is 30.1 Å². The third-order valence-corrected chi connectivity index (χ3v) is 7.78. The number of alkyl halides is 3. The minimum absolute atomic E-state index is 0.0476. The molecule has 13 heteroatoms. The molecule has 1 aromatic rings. The molecular formula is C16H22F3N3O5S2. The molecule has 29 heavy (non-hydrogen) atoms. The van der Waals surface area contributed by atoms with Gasteiger partial charge >= 0.3 is 12.1 Å². The van der Waals surface area contributed by atoms with Crippen molar-refractivity contribution in [2.75, 3.05) is 32.9 Å². The molecule has 2 aliphatic rings. The lowest BCUT2D eigenvalue weighted by atomic mass is 9.95. The minimum atomic E-state index is -5.08. The molecule has 8 nitrogen and oxygen atoms in total. The fourth-order valence-corrected chi connectivity index (χ4v) is 5.81. The largest absolute Gasteiger partial charge is 0.490 e. The number of halogens is 3. The number of carboxylic acid groups (broad SMARTS) is 1. The van der Waals surface area contributed by atoms with Gasteiger partial charge in [0.25, 0.3) is 10.2 Å². The highest BCUT2D eigenvalue weighted by Gasteiger charge is 2.53. The highest BCUT2D eigenvalue weighted by molar-refractivity contribution is 8.01. The molecule has 2 aliphatic heterocycles. The number of hydrogen-bond donors (Lipinski definition) is 1. The second-order valence-electron chi connectivity index (χ2n) is 6.85. The van der Waals surface area contributed by atoms with Crippen LogP contribution in [0, 0.1) is 0 Å². The van der Waals surface area contributed by atoms with E-state index in [1.165, 1.54) is 4.31 Å². The maximum atomic E-state index is 12.1. The third kappa shape index (κ3) is 6.28. The van der Waals surface area contributed by atoms with Crippen LogP contribution in [0.1, 0.15) is 12.0 Å². The lowest BCUT2D eigenvalue weighted by molar-refractivity contribution is -0.192. The number of thioether (sulfide) groups is 1. The molecule has 2 fully saturated rings. The number of pyridine rings is 1. The van der Waals surface area contributed by atoms with E-state index in [1.807, 2.05) is 23.9 Å². The topological polar surface area (TPSA) is 100 Å². The van der Waals surface area contributed by atoms with Crippen LogP contribution in [-0.2, 0) is 26.3 Å². The highest BCUT2D eigenvalue weighted by atomic mass is 32.2. The van der Waals surface area contributed by atoms with Crippen molar-refractivity contribution in [3.63, 3.8) is 0 Å². The molecular weight excluding hydrogens is 435 g/mol. The standard InChI is InChI=1S/C14H21N3O3S2.C2HF3O2/c1-16(2)22(18,19)17-10-14(11-17)7-13(9-21-14)20-8-12-3-5-15-6-4-12;3-2(4,5)1(6)7/h3-6,13H,7-11H2,1-2H3;(H,6,7). The fourth-order valence-electron chi connectivity index (χ4n) is 2.81. The van der Waals surface area contributed by atoms with Gasteiger partial charge in [0.2, 0.25) is 0 Å². The van der Waals surface area contributed by atoms with E-state index >= 15 is 0 Å². The summed E-state index contributed by atoms with van der Waals surface area (Å²) in [5.74, 6) is -1.83. The van der Waals surface area contributed by atoms with E-state index in [1.54, 1.807) is 30.8 Å². The van der Waals surface area contributed by atoms with Crippen molar-refractivity contribution in [1.82, 2.24) is 13.6 Å². The Morgan fingerprint density at radius 1 is 1.38 bits per heavy atom. The Labute approximate surface area is 171 Å². The number of hydrogen-bond acceptors (Lipinski definition) is 6. The normalized spacial score (nSPS) is 21.5. The number of carbonyl (C=O) groups is 1. The summed E-state index contributed by atoms with van der Waals surface area (Å²) >= 11 is 1.84. The van der Waals surface area contributed by atoms with Gasteiger partial charge in [0.1, 0.15) is 0 Å². The summed E-state index contributed by atoms with van der Waals surface area (Å²) in [4.78, 5) is 12.9. The molecule has 0 aliphatic carbocycles. The molecule has 1 atom stereocenters. The predicted molar refractivity (Wildman–Crippen MR) is 100 cm³/mol. The molecule has 3 heterocycles. The lowest BCUT2D eigenvalue weighted by Gasteiger charge is -2.46. The first-order valence-electron chi connectivity index (χ1n) is 8.48. The van der Waals surface area contributed by atoms with Gasteiger partial charge in [0, 0.05) is 50.1 Å². The average molecular weight is 457 g/mol. The SMILES string of the molecule is CN(C)S(=O)(=O)N1CC2(CC(OCc3ccncc3)CS2)C1.O=C(O)C(F)(F)F. The van der Waals surface area contributed by atoms with Crippen LogP contribution in [0.5, 0.6) is 0 Å². The molecule has 1 spiro atoms. The van der Waals surface area contributed by atoms with E-state index in [9.17, 15) is 21.6 Å². The van der Waals surface area contributed by atoms with Crippen molar-refractivity contribution >= 4 is 27.9 Å². The first-order chi connectivity index (χ1) is 13.4. The van der Waals surface area contributed by atoms with E-state index in [0.29, 0.717) is 19.7 Å². The van der Waals surface area contributed by atoms with Crippen LogP contribution in [-0.4, -0.2) is 83.1 Å². The summed E-state index contributed by atoms with van der Waals surface area (Å²) in [6.07, 6.45) is -0.441. The maximum Gasteiger partial charge on any atom is 0.490 e. The molecule has 0 amide bonds. The van der Waals surface area contributed by atoms with Gasteiger partial charge in [-0.25, -0.2) is 4.79 Å². The summed E-state index contributed by atoms with van der Waals surface area (Å²) < 4.78 is 64.7. The van der Waals surface area contributed by atoms with E-state index in [0.717, 1.165) is 17.7 Å². The van der Waals surface area contributed by atoms with Gasteiger partial charge in [-0.3, -0.25) is 4.98 Å². The van der Waals surface area contributed by atoms with Gasteiger partial charge < -0.3 is 9.84 Å².